The minimum Gasteiger partial charge on any atom is -0.396 e. The molecular formula is C19H20N4O. The van der Waals surface area contributed by atoms with Crippen LogP contribution >= 0.6 is 0 Å². The maximum absolute atomic E-state index is 7.61. The molecule has 0 saturated carbocycles. The van der Waals surface area contributed by atoms with E-state index in [9.17, 15) is 0 Å². The third kappa shape index (κ3) is 5.03. The van der Waals surface area contributed by atoms with E-state index in [4.69, 9.17) is 16.7 Å². The zero-order chi connectivity index (χ0) is 17.4. The summed E-state index contributed by atoms with van der Waals surface area (Å²) >= 11 is 0. The molecule has 122 valence electrons. The van der Waals surface area contributed by atoms with Gasteiger partial charge < -0.3 is 10.2 Å². The number of hydrogen-bond acceptors (Lipinski definition) is 5. The molecule has 0 amide bonds. The molecule has 0 spiro atoms. The van der Waals surface area contributed by atoms with Crippen molar-refractivity contribution < 1.29 is 4.84 Å². The molecule has 5 heteroatoms. The van der Waals surface area contributed by atoms with Crippen molar-refractivity contribution in [2.24, 2.45) is 5.16 Å². The summed E-state index contributed by atoms with van der Waals surface area (Å²) in [6.07, 6.45) is 6.91. The van der Waals surface area contributed by atoms with Gasteiger partial charge >= 0.3 is 0 Å². The first kappa shape index (κ1) is 17.4. The Kier molecular flexibility index (Phi) is 6.21. The number of hydrogen-bond donors (Lipinski definition) is 1. The van der Waals surface area contributed by atoms with Crippen LogP contribution in [0.25, 0.3) is 0 Å². The third-order valence-corrected chi connectivity index (χ3v) is 3.33. The summed E-state index contributed by atoms with van der Waals surface area (Å²) in [5.41, 5.74) is 4.10. The van der Waals surface area contributed by atoms with Gasteiger partial charge in [0.25, 0.3) is 0 Å². The van der Waals surface area contributed by atoms with Crippen molar-refractivity contribution in [2.45, 2.75) is 26.7 Å². The molecule has 0 atom stereocenters. The standard InChI is InChI=1S/C19H20N4O/c1-4-16-8-5-12-19(21-16)15(3)23-24-13-7-10-17-9-6-11-18(22-17)14(2)20/h1,5-6,8-9,11-12,20H,7,10,13H2,2-3H3/b20-14?,23-15+. The molecule has 1 N–H and O–H groups in total. The Morgan fingerprint density at radius 2 is 1.92 bits per heavy atom. The van der Waals surface area contributed by atoms with Gasteiger partial charge in [0.1, 0.15) is 18.0 Å². The lowest BCUT2D eigenvalue weighted by molar-refractivity contribution is 0.141. The lowest BCUT2D eigenvalue weighted by Gasteiger charge is -2.04. The van der Waals surface area contributed by atoms with E-state index in [0.29, 0.717) is 35.1 Å². The van der Waals surface area contributed by atoms with Crippen LogP contribution in [0.5, 0.6) is 0 Å². The van der Waals surface area contributed by atoms with Crippen molar-refractivity contribution >= 4 is 11.4 Å². The highest BCUT2D eigenvalue weighted by Gasteiger charge is 2.02. The van der Waals surface area contributed by atoms with Gasteiger partial charge in [0.2, 0.25) is 0 Å². The Bertz CT molecular complexity index is 790. The molecule has 0 aliphatic carbocycles. The molecule has 0 bridgehead atoms. The average Bonchev–Trinajstić information content (AvgIpc) is 2.61. The van der Waals surface area contributed by atoms with E-state index in [-0.39, 0.29) is 0 Å². The summed E-state index contributed by atoms with van der Waals surface area (Å²) in [4.78, 5) is 14.1. The third-order valence-electron chi connectivity index (χ3n) is 3.33. The summed E-state index contributed by atoms with van der Waals surface area (Å²) < 4.78 is 0. The second-order valence-electron chi connectivity index (χ2n) is 5.31. The number of pyridine rings is 2. The fourth-order valence-electron chi connectivity index (χ4n) is 2.05. The van der Waals surface area contributed by atoms with Crippen LogP contribution < -0.4 is 0 Å². The first-order valence-corrected chi connectivity index (χ1v) is 7.72. The number of nitrogens with zero attached hydrogens (tertiary/aromatic N) is 3. The maximum Gasteiger partial charge on any atom is 0.117 e. The Morgan fingerprint density at radius 1 is 1.17 bits per heavy atom. The van der Waals surface area contributed by atoms with Crippen molar-refractivity contribution in [1.82, 2.24) is 9.97 Å². The molecule has 0 fully saturated rings. The zero-order valence-corrected chi connectivity index (χ0v) is 13.9. The quantitative estimate of drug-likeness (QED) is 0.368. The van der Waals surface area contributed by atoms with Gasteiger partial charge in [-0.15, -0.1) is 6.42 Å². The predicted octanol–water partition coefficient (Wildman–Crippen LogP) is 3.22. The van der Waals surface area contributed by atoms with Crippen molar-refractivity contribution in [3.63, 3.8) is 0 Å². The average molecular weight is 320 g/mol. The summed E-state index contributed by atoms with van der Waals surface area (Å²) in [5, 5.41) is 11.7. The second kappa shape index (κ2) is 8.59. The molecule has 0 aliphatic rings. The van der Waals surface area contributed by atoms with Gasteiger partial charge in [0.05, 0.1) is 17.1 Å². The number of terminal acetylenes is 1. The lowest BCUT2D eigenvalue weighted by atomic mass is 10.2. The number of nitrogens with one attached hydrogen (secondary N) is 1. The zero-order valence-electron chi connectivity index (χ0n) is 13.9. The molecule has 24 heavy (non-hydrogen) atoms. The molecule has 0 unspecified atom stereocenters. The number of rotatable bonds is 7. The molecule has 0 radical (unpaired) electrons. The molecule has 2 rings (SSSR count). The van der Waals surface area contributed by atoms with E-state index < -0.39 is 0 Å². The minimum atomic E-state index is 0.468. The first-order valence-electron chi connectivity index (χ1n) is 7.72. The van der Waals surface area contributed by atoms with E-state index in [1.807, 2.05) is 37.3 Å². The largest absolute Gasteiger partial charge is 0.396 e. The molecule has 5 nitrogen and oxygen atoms in total. The van der Waals surface area contributed by atoms with E-state index in [0.717, 1.165) is 18.5 Å². The first-order chi connectivity index (χ1) is 11.6. The highest BCUT2D eigenvalue weighted by Crippen LogP contribution is 2.04. The molecule has 2 aromatic rings. The Hall–Kier alpha value is -3.00. The predicted molar refractivity (Wildman–Crippen MR) is 95.4 cm³/mol. The smallest absolute Gasteiger partial charge is 0.117 e. The number of aryl methyl sites for hydroxylation is 1. The molecule has 2 heterocycles. The van der Waals surface area contributed by atoms with Gasteiger partial charge in [-0.2, -0.15) is 0 Å². The van der Waals surface area contributed by atoms with Gasteiger partial charge in [-0.25, -0.2) is 4.98 Å². The highest BCUT2D eigenvalue weighted by atomic mass is 16.6. The summed E-state index contributed by atoms with van der Waals surface area (Å²) in [6, 6.07) is 11.2. The Balaban J connectivity index is 1.83. The molecule has 0 aliphatic heterocycles. The van der Waals surface area contributed by atoms with Gasteiger partial charge in [-0.1, -0.05) is 23.2 Å². The van der Waals surface area contributed by atoms with Crippen LogP contribution in [-0.2, 0) is 11.3 Å². The summed E-state index contributed by atoms with van der Waals surface area (Å²) in [6.45, 7) is 4.05. The van der Waals surface area contributed by atoms with Gasteiger partial charge in [-0.3, -0.25) is 4.98 Å². The van der Waals surface area contributed by atoms with Crippen molar-refractivity contribution in [3.05, 3.63) is 59.2 Å². The van der Waals surface area contributed by atoms with Crippen LogP contribution in [0.1, 0.15) is 43.0 Å². The molecular weight excluding hydrogens is 300 g/mol. The van der Waals surface area contributed by atoms with E-state index >= 15 is 0 Å². The lowest BCUT2D eigenvalue weighted by Crippen LogP contribution is -2.03. The van der Waals surface area contributed by atoms with E-state index in [1.54, 1.807) is 13.0 Å². The van der Waals surface area contributed by atoms with Gasteiger partial charge in [0.15, 0.2) is 0 Å². The van der Waals surface area contributed by atoms with Crippen LogP contribution in [0.2, 0.25) is 0 Å². The van der Waals surface area contributed by atoms with Crippen molar-refractivity contribution in [3.8, 4) is 12.3 Å². The monoisotopic (exact) mass is 320 g/mol. The molecule has 0 aromatic carbocycles. The fraction of sp³-hybridized carbons (Fsp3) is 0.263. The second-order valence-corrected chi connectivity index (χ2v) is 5.31. The number of aromatic nitrogens is 2. The Labute approximate surface area is 142 Å². The van der Waals surface area contributed by atoms with Crippen LogP contribution in [0.3, 0.4) is 0 Å². The molecule has 2 aromatic heterocycles. The fourth-order valence-corrected chi connectivity index (χ4v) is 2.05. The topological polar surface area (TPSA) is 71.2 Å². The minimum absolute atomic E-state index is 0.468. The van der Waals surface area contributed by atoms with Crippen LogP contribution in [0.15, 0.2) is 41.6 Å². The SMILES string of the molecule is C#Cc1cccc(/C(C)=N/OCCCc2cccc(C(C)=N)n2)n1. The normalized spacial score (nSPS) is 11.0. The Morgan fingerprint density at radius 3 is 2.67 bits per heavy atom. The van der Waals surface area contributed by atoms with Crippen LogP contribution in [-0.4, -0.2) is 28.0 Å². The van der Waals surface area contributed by atoms with Crippen molar-refractivity contribution in [1.29, 1.82) is 5.41 Å². The molecule has 0 saturated heterocycles. The van der Waals surface area contributed by atoms with Crippen molar-refractivity contribution in [2.75, 3.05) is 6.61 Å². The van der Waals surface area contributed by atoms with E-state index in [2.05, 4.69) is 21.0 Å². The number of oxime groups is 1. The van der Waals surface area contributed by atoms with Gasteiger partial charge in [-0.05, 0) is 51.0 Å². The summed E-state index contributed by atoms with van der Waals surface area (Å²) in [7, 11) is 0. The van der Waals surface area contributed by atoms with Gasteiger partial charge in [0, 0.05) is 5.69 Å². The maximum atomic E-state index is 7.61. The van der Waals surface area contributed by atoms with Crippen LogP contribution in [0, 0.1) is 17.8 Å². The highest BCUT2D eigenvalue weighted by molar-refractivity contribution is 5.96. The summed E-state index contributed by atoms with van der Waals surface area (Å²) in [5.74, 6) is 2.50. The van der Waals surface area contributed by atoms with Crippen LogP contribution in [0.4, 0.5) is 0 Å². The van der Waals surface area contributed by atoms with E-state index in [1.165, 1.54) is 0 Å².